The maximum atomic E-state index is 14.4. The Balaban J connectivity index is 1.45. The van der Waals surface area contributed by atoms with Gasteiger partial charge in [0.1, 0.15) is 24.2 Å². The minimum Gasteiger partial charge on any atom is -0.371 e. The molecule has 0 aromatic carbocycles. The van der Waals surface area contributed by atoms with Crippen LogP contribution in [0.15, 0.2) is 0 Å². The van der Waals surface area contributed by atoms with Crippen molar-refractivity contribution < 1.29 is 18.3 Å². The predicted octanol–water partition coefficient (Wildman–Crippen LogP) is 3.70. The Morgan fingerprint density at radius 3 is 2.17 bits per heavy atom. The van der Waals surface area contributed by atoms with E-state index >= 15 is 0 Å². The van der Waals surface area contributed by atoms with Gasteiger partial charge in [0.15, 0.2) is 0 Å². The van der Waals surface area contributed by atoms with Crippen LogP contribution >= 0.6 is 0 Å². The first-order valence-corrected chi connectivity index (χ1v) is 9.81. The van der Waals surface area contributed by atoms with Crippen LogP contribution in [-0.4, -0.2) is 55.4 Å². The number of alkyl halides is 2. The van der Waals surface area contributed by atoms with E-state index < -0.39 is 24.4 Å². The number of likely N-dealkylation sites (tertiary alicyclic amines) is 1. The van der Waals surface area contributed by atoms with E-state index in [9.17, 15) is 13.6 Å². The van der Waals surface area contributed by atoms with E-state index in [1.807, 2.05) is 0 Å². The van der Waals surface area contributed by atoms with Crippen LogP contribution in [0.5, 0.6) is 0 Å². The molecule has 0 amide bonds. The third-order valence-electron chi connectivity index (χ3n) is 6.06. The van der Waals surface area contributed by atoms with Gasteiger partial charge in [-0.1, -0.05) is 19.3 Å². The molecule has 5 heteroatoms. The summed E-state index contributed by atoms with van der Waals surface area (Å²) in [5, 5.41) is 0. The van der Waals surface area contributed by atoms with Crippen molar-refractivity contribution in [3.63, 3.8) is 0 Å². The molecule has 2 atom stereocenters. The molecule has 1 saturated heterocycles. The van der Waals surface area contributed by atoms with E-state index in [0.717, 1.165) is 45.3 Å². The minimum atomic E-state index is -1.36. The van der Waals surface area contributed by atoms with Crippen molar-refractivity contribution in [1.82, 2.24) is 4.90 Å². The number of halogens is 2. The van der Waals surface area contributed by atoms with Gasteiger partial charge in [-0.3, -0.25) is 4.79 Å². The number of ether oxygens (including phenoxy) is 1. The number of hydrogen-bond acceptors (Lipinski definition) is 3. The summed E-state index contributed by atoms with van der Waals surface area (Å²) in [6.45, 7) is 3.25. The number of nitrogens with zero attached hydrogens (tertiary/aromatic N) is 1. The molecule has 3 rings (SSSR count). The zero-order chi connectivity index (χ0) is 16.9. The van der Waals surface area contributed by atoms with Crippen molar-refractivity contribution in [2.24, 2.45) is 11.8 Å². The van der Waals surface area contributed by atoms with Crippen LogP contribution < -0.4 is 0 Å². The van der Waals surface area contributed by atoms with Crippen molar-refractivity contribution in [2.45, 2.75) is 76.2 Å². The lowest BCUT2D eigenvalue weighted by molar-refractivity contribution is -0.136. The van der Waals surface area contributed by atoms with Crippen molar-refractivity contribution >= 4 is 5.78 Å². The number of rotatable bonds is 6. The third kappa shape index (κ3) is 4.54. The SMILES string of the molecule is O=C(C1CCCCC1)C1CC(F)C(OCCN2CCCC2)C(F)C1. The Morgan fingerprint density at radius 1 is 0.917 bits per heavy atom. The molecule has 2 unspecified atom stereocenters. The van der Waals surface area contributed by atoms with Gasteiger partial charge in [-0.2, -0.15) is 0 Å². The first-order chi connectivity index (χ1) is 11.6. The van der Waals surface area contributed by atoms with E-state index in [1.165, 1.54) is 19.3 Å². The summed E-state index contributed by atoms with van der Waals surface area (Å²) >= 11 is 0. The number of carbonyl (C=O) groups excluding carboxylic acids is 1. The van der Waals surface area contributed by atoms with E-state index in [1.54, 1.807) is 0 Å². The molecule has 0 radical (unpaired) electrons. The lowest BCUT2D eigenvalue weighted by atomic mass is 9.75. The summed E-state index contributed by atoms with van der Waals surface area (Å²) in [5.74, 6) is -0.303. The zero-order valence-electron chi connectivity index (χ0n) is 14.6. The lowest BCUT2D eigenvalue weighted by Gasteiger charge is -2.36. The van der Waals surface area contributed by atoms with Crippen LogP contribution in [0.4, 0.5) is 8.78 Å². The van der Waals surface area contributed by atoms with Crippen molar-refractivity contribution in [3.05, 3.63) is 0 Å². The Kier molecular flexibility index (Phi) is 6.62. The van der Waals surface area contributed by atoms with Crippen molar-refractivity contribution in [2.75, 3.05) is 26.2 Å². The van der Waals surface area contributed by atoms with Gasteiger partial charge in [0.05, 0.1) is 6.61 Å². The first-order valence-electron chi connectivity index (χ1n) is 9.81. The second-order valence-corrected chi connectivity index (χ2v) is 7.82. The summed E-state index contributed by atoms with van der Waals surface area (Å²) < 4.78 is 34.4. The summed E-state index contributed by atoms with van der Waals surface area (Å²) in [5.41, 5.74) is 0. The Labute approximate surface area is 144 Å². The molecule has 2 saturated carbocycles. The molecule has 0 aromatic heterocycles. The van der Waals surface area contributed by atoms with E-state index in [-0.39, 0.29) is 24.5 Å². The van der Waals surface area contributed by atoms with Crippen molar-refractivity contribution in [3.8, 4) is 0 Å². The topological polar surface area (TPSA) is 29.5 Å². The number of ketones is 1. The van der Waals surface area contributed by atoms with Crippen LogP contribution in [-0.2, 0) is 9.53 Å². The van der Waals surface area contributed by atoms with E-state index in [2.05, 4.69) is 4.90 Å². The summed E-state index contributed by atoms with van der Waals surface area (Å²) in [4.78, 5) is 14.8. The van der Waals surface area contributed by atoms with Gasteiger partial charge in [-0.15, -0.1) is 0 Å². The Bertz CT molecular complexity index is 396. The zero-order valence-corrected chi connectivity index (χ0v) is 14.6. The fraction of sp³-hybridized carbons (Fsp3) is 0.947. The van der Waals surface area contributed by atoms with Crippen LogP contribution in [0.1, 0.15) is 57.8 Å². The van der Waals surface area contributed by atoms with Crippen molar-refractivity contribution in [1.29, 1.82) is 0 Å². The van der Waals surface area contributed by atoms with Gasteiger partial charge < -0.3 is 9.64 Å². The molecular formula is C19H31F2NO2. The molecule has 1 aliphatic heterocycles. The van der Waals surface area contributed by atoms with Crippen LogP contribution in [0.25, 0.3) is 0 Å². The summed E-state index contributed by atoms with van der Waals surface area (Å²) in [7, 11) is 0. The molecule has 24 heavy (non-hydrogen) atoms. The molecule has 3 fully saturated rings. The van der Waals surface area contributed by atoms with Crippen LogP contribution in [0.3, 0.4) is 0 Å². The highest BCUT2D eigenvalue weighted by molar-refractivity contribution is 5.83. The fourth-order valence-corrected chi connectivity index (χ4v) is 4.62. The maximum absolute atomic E-state index is 14.4. The second-order valence-electron chi connectivity index (χ2n) is 7.82. The van der Waals surface area contributed by atoms with Crippen LogP contribution in [0, 0.1) is 11.8 Å². The number of carbonyl (C=O) groups is 1. The third-order valence-corrected chi connectivity index (χ3v) is 6.06. The molecule has 3 nitrogen and oxygen atoms in total. The average molecular weight is 343 g/mol. The van der Waals surface area contributed by atoms with E-state index in [0.29, 0.717) is 6.61 Å². The molecule has 1 heterocycles. The monoisotopic (exact) mass is 343 g/mol. The molecule has 3 aliphatic rings. The fourth-order valence-electron chi connectivity index (χ4n) is 4.62. The van der Waals surface area contributed by atoms with Gasteiger partial charge in [0, 0.05) is 18.4 Å². The molecular weight excluding hydrogens is 312 g/mol. The predicted molar refractivity (Wildman–Crippen MR) is 89.5 cm³/mol. The van der Waals surface area contributed by atoms with Gasteiger partial charge >= 0.3 is 0 Å². The Morgan fingerprint density at radius 2 is 1.54 bits per heavy atom. The number of Topliss-reactive ketones (excluding diaryl/α,β-unsaturated/α-hetero) is 1. The molecule has 0 bridgehead atoms. The second kappa shape index (κ2) is 8.70. The van der Waals surface area contributed by atoms with Gasteiger partial charge in [-0.25, -0.2) is 8.78 Å². The van der Waals surface area contributed by atoms with Gasteiger partial charge in [0.2, 0.25) is 0 Å². The molecule has 0 aromatic rings. The average Bonchev–Trinajstić information content (AvgIpc) is 3.10. The molecule has 0 spiro atoms. The summed E-state index contributed by atoms with van der Waals surface area (Å²) in [6.07, 6.45) is 4.12. The smallest absolute Gasteiger partial charge is 0.139 e. The quantitative estimate of drug-likeness (QED) is 0.736. The highest BCUT2D eigenvalue weighted by Crippen LogP contribution is 2.36. The standard InChI is InChI=1S/C19H31F2NO2/c20-16-12-15(18(23)14-6-2-1-3-7-14)13-17(21)19(16)24-11-10-22-8-4-5-9-22/h14-17,19H,1-13H2. The highest BCUT2D eigenvalue weighted by Gasteiger charge is 2.43. The lowest BCUT2D eigenvalue weighted by Crippen LogP contribution is -2.46. The first kappa shape index (κ1) is 18.2. The normalized spacial score (nSPS) is 36.1. The highest BCUT2D eigenvalue weighted by atomic mass is 19.1. The summed E-state index contributed by atoms with van der Waals surface area (Å²) in [6, 6.07) is 0. The molecule has 0 N–H and O–H groups in total. The largest absolute Gasteiger partial charge is 0.371 e. The Hall–Kier alpha value is -0.550. The minimum absolute atomic E-state index is 0.0378. The maximum Gasteiger partial charge on any atom is 0.139 e. The van der Waals surface area contributed by atoms with Gasteiger partial charge in [0.25, 0.3) is 0 Å². The van der Waals surface area contributed by atoms with E-state index in [4.69, 9.17) is 4.74 Å². The molecule has 2 aliphatic carbocycles. The van der Waals surface area contributed by atoms with Gasteiger partial charge in [-0.05, 0) is 51.6 Å². The molecule has 138 valence electrons. The number of hydrogen-bond donors (Lipinski definition) is 0. The van der Waals surface area contributed by atoms with Crippen LogP contribution in [0.2, 0.25) is 0 Å².